The van der Waals surface area contributed by atoms with Crippen LogP contribution in [0, 0.1) is 5.92 Å². The first-order chi connectivity index (χ1) is 12.1. The summed E-state index contributed by atoms with van der Waals surface area (Å²) in [6.07, 6.45) is 3.73. The second kappa shape index (κ2) is 7.89. The molecule has 1 aromatic rings. The summed E-state index contributed by atoms with van der Waals surface area (Å²) in [4.78, 5) is 29.0. The van der Waals surface area contributed by atoms with E-state index in [9.17, 15) is 9.59 Å². The highest BCUT2D eigenvalue weighted by atomic mass is 16.5. The number of hydrogen-bond acceptors (Lipinski definition) is 3. The highest BCUT2D eigenvalue weighted by Crippen LogP contribution is 2.26. The molecule has 5 heteroatoms. The van der Waals surface area contributed by atoms with Gasteiger partial charge in [-0.25, -0.2) is 0 Å². The molecular formula is C20H28N2O3. The van der Waals surface area contributed by atoms with Crippen molar-refractivity contribution >= 4 is 11.8 Å². The molecule has 2 aliphatic rings. The monoisotopic (exact) mass is 344 g/mol. The predicted octanol–water partition coefficient (Wildman–Crippen LogP) is 2.73. The van der Waals surface area contributed by atoms with Gasteiger partial charge in [0.15, 0.2) is 0 Å². The zero-order valence-corrected chi connectivity index (χ0v) is 15.3. The number of carbonyl (C=O) groups is 2. The molecular weight excluding hydrogens is 316 g/mol. The Kier molecular flexibility index (Phi) is 5.61. The molecule has 136 valence electrons. The van der Waals surface area contributed by atoms with Crippen molar-refractivity contribution in [2.75, 3.05) is 32.8 Å². The fourth-order valence-electron chi connectivity index (χ4n) is 3.70. The van der Waals surface area contributed by atoms with Gasteiger partial charge >= 0.3 is 0 Å². The first-order valence-electron chi connectivity index (χ1n) is 9.47. The summed E-state index contributed by atoms with van der Waals surface area (Å²) in [6.45, 7) is 7.37. The van der Waals surface area contributed by atoms with Crippen molar-refractivity contribution in [3.05, 3.63) is 29.3 Å². The van der Waals surface area contributed by atoms with Crippen molar-refractivity contribution < 1.29 is 14.3 Å². The second-order valence-corrected chi connectivity index (χ2v) is 6.91. The van der Waals surface area contributed by atoms with E-state index in [4.69, 9.17) is 4.74 Å². The van der Waals surface area contributed by atoms with Crippen LogP contribution in [0.1, 0.15) is 49.0 Å². The minimum absolute atomic E-state index is 0.0583. The number of nitrogens with zero attached hydrogens (tertiary/aromatic N) is 2. The van der Waals surface area contributed by atoms with Gasteiger partial charge in [0, 0.05) is 37.7 Å². The van der Waals surface area contributed by atoms with Crippen LogP contribution in [0.2, 0.25) is 0 Å². The van der Waals surface area contributed by atoms with Crippen molar-refractivity contribution in [3.8, 4) is 5.75 Å². The fraction of sp³-hybridized carbons (Fsp3) is 0.600. The SMILES string of the molecule is CCC(CC)C(=O)N1CCN(C(=O)c2ccc3c(c2)CCCO3)CC1. The molecule has 0 aromatic heterocycles. The van der Waals surface area contributed by atoms with Crippen molar-refractivity contribution in [2.24, 2.45) is 5.92 Å². The summed E-state index contributed by atoms with van der Waals surface area (Å²) < 4.78 is 5.62. The van der Waals surface area contributed by atoms with Gasteiger partial charge in [0.05, 0.1) is 6.61 Å². The maximum atomic E-state index is 12.8. The zero-order valence-electron chi connectivity index (χ0n) is 15.3. The standard InChI is InChI=1S/C20H28N2O3/c1-3-15(4-2)19(23)21-9-11-22(12-10-21)20(24)17-7-8-18-16(14-17)6-5-13-25-18/h7-8,14-15H,3-6,9-13H2,1-2H3. The van der Waals surface area contributed by atoms with Crippen LogP contribution in [-0.4, -0.2) is 54.4 Å². The van der Waals surface area contributed by atoms with E-state index in [1.807, 2.05) is 28.0 Å². The summed E-state index contributed by atoms with van der Waals surface area (Å²) in [5.41, 5.74) is 1.85. The number of hydrogen-bond donors (Lipinski definition) is 0. The van der Waals surface area contributed by atoms with Gasteiger partial charge in [-0.2, -0.15) is 0 Å². The lowest BCUT2D eigenvalue weighted by molar-refractivity contribution is -0.137. The van der Waals surface area contributed by atoms with Crippen molar-refractivity contribution in [1.29, 1.82) is 0 Å². The molecule has 1 aromatic carbocycles. The van der Waals surface area contributed by atoms with Gasteiger partial charge in [-0.3, -0.25) is 9.59 Å². The van der Waals surface area contributed by atoms with Crippen LogP contribution in [0.25, 0.3) is 0 Å². The van der Waals surface area contributed by atoms with E-state index >= 15 is 0 Å². The summed E-state index contributed by atoms with van der Waals surface area (Å²) in [5, 5.41) is 0. The summed E-state index contributed by atoms with van der Waals surface area (Å²) in [7, 11) is 0. The van der Waals surface area contributed by atoms with E-state index < -0.39 is 0 Å². The molecule has 1 fully saturated rings. The molecule has 1 saturated heterocycles. The van der Waals surface area contributed by atoms with Gasteiger partial charge in [-0.15, -0.1) is 0 Å². The smallest absolute Gasteiger partial charge is 0.253 e. The molecule has 0 aliphatic carbocycles. The molecule has 5 nitrogen and oxygen atoms in total. The lowest BCUT2D eigenvalue weighted by atomic mass is 10.0. The lowest BCUT2D eigenvalue weighted by Crippen LogP contribution is -2.51. The minimum Gasteiger partial charge on any atom is -0.493 e. The highest BCUT2D eigenvalue weighted by molar-refractivity contribution is 5.95. The Morgan fingerprint density at radius 2 is 1.76 bits per heavy atom. The number of carbonyl (C=O) groups excluding carboxylic acids is 2. The molecule has 2 aliphatic heterocycles. The molecule has 0 unspecified atom stereocenters. The van der Waals surface area contributed by atoms with E-state index in [0.29, 0.717) is 26.2 Å². The number of piperazine rings is 1. The van der Waals surface area contributed by atoms with Gasteiger partial charge in [0.2, 0.25) is 5.91 Å². The first-order valence-corrected chi connectivity index (χ1v) is 9.47. The van der Waals surface area contributed by atoms with Crippen LogP contribution in [-0.2, 0) is 11.2 Å². The van der Waals surface area contributed by atoms with Crippen LogP contribution in [0.4, 0.5) is 0 Å². The van der Waals surface area contributed by atoms with Gasteiger partial charge in [0.25, 0.3) is 5.91 Å². The summed E-state index contributed by atoms with van der Waals surface area (Å²) in [5.74, 6) is 1.32. The lowest BCUT2D eigenvalue weighted by Gasteiger charge is -2.36. The maximum absolute atomic E-state index is 12.8. The normalized spacial score (nSPS) is 17.2. The molecule has 2 heterocycles. The third-order valence-corrected chi connectivity index (χ3v) is 5.37. The Bertz CT molecular complexity index is 632. The van der Waals surface area contributed by atoms with Gasteiger partial charge in [0.1, 0.15) is 5.75 Å². The Balaban J connectivity index is 1.61. The predicted molar refractivity (Wildman–Crippen MR) is 96.8 cm³/mol. The van der Waals surface area contributed by atoms with E-state index in [0.717, 1.165) is 49.2 Å². The van der Waals surface area contributed by atoms with Gasteiger partial charge in [-0.1, -0.05) is 13.8 Å². The van der Waals surface area contributed by atoms with Crippen LogP contribution < -0.4 is 4.74 Å². The van der Waals surface area contributed by atoms with E-state index in [1.54, 1.807) is 0 Å². The summed E-state index contributed by atoms with van der Waals surface area (Å²) in [6, 6.07) is 5.74. The van der Waals surface area contributed by atoms with E-state index in [2.05, 4.69) is 13.8 Å². The number of rotatable bonds is 4. The number of amides is 2. The van der Waals surface area contributed by atoms with Crippen molar-refractivity contribution in [3.63, 3.8) is 0 Å². The molecule has 0 radical (unpaired) electrons. The number of ether oxygens (including phenoxy) is 1. The molecule has 25 heavy (non-hydrogen) atoms. The van der Waals surface area contributed by atoms with Crippen molar-refractivity contribution in [2.45, 2.75) is 39.5 Å². The molecule has 0 bridgehead atoms. The second-order valence-electron chi connectivity index (χ2n) is 6.91. The molecule has 0 atom stereocenters. The largest absolute Gasteiger partial charge is 0.493 e. The van der Waals surface area contributed by atoms with Crippen LogP contribution in [0.15, 0.2) is 18.2 Å². The Morgan fingerprint density at radius 1 is 1.08 bits per heavy atom. The minimum atomic E-state index is 0.0583. The quantitative estimate of drug-likeness (QED) is 0.844. The third kappa shape index (κ3) is 3.80. The first kappa shape index (κ1) is 17.8. The topological polar surface area (TPSA) is 49.9 Å². The number of aryl methyl sites for hydroxylation is 1. The van der Waals surface area contributed by atoms with Gasteiger partial charge in [-0.05, 0) is 49.4 Å². The molecule has 0 saturated carbocycles. The van der Waals surface area contributed by atoms with E-state index in [1.165, 1.54) is 0 Å². The number of benzene rings is 1. The van der Waals surface area contributed by atoms with E-state index in [-0.39, 0.29) is 17.7 Å². The van der Waals surface area contributed by atoms with Crippen LogP contribution in [0.3, 0.4) is 0 Å². The average Bonchev–Trinajstić information content (AvgIpc) is 2.68. The zero-order chi connectivity index (χ0) is 17.8. The highest BCUT2D eigenvalue weighted by Gasteiger charge is 2.28. The molecule has 2 amide bonds. The molecule has 3 rings (SSSR count). The van der Waals surface area contributed by atoms with Crippen LogP contribution >= 0.6 is 0 Å². The average molecular weight is 344 g/mol. The third-order valence-electron chi connectivity index (χ3n) is 5.37. The Hall–Kier alpha value is -2.04. The summed E-state index contributed by atoms with van der Waals surface area (Å²) >= 11 is 0. The van der Waals surface area contributed by atoms with Gasteiger partial charge < -0.3 is 14.5 Å². The van der Waals surface area contributed by atoms with Crippen molar-refractivity contribution in [1.82, 2.24) is 9.80 Å². The van der Waals surface area contributed by atoms with Crippen LogP contribution in [0.5, 0.6) is 5.75 Å². The Morgan fingerprint density at radius 3 is 2.44 bits per heavy atom. The molecule has 0 spiro atoms. The molecule has 0 N–H and O–H groups in total. The Labute approximate surface area is 149 Å². The maximum Gasteiger partial charge on any atom is 0.253 e. The fourth-order valence-corrected chi connectivity index (χ4v) is 3.70. The number of fused-ring (bicyclic) bond motifs is 1.